The highest BCUT2D eigenvalue weighted by Gasteiger charge is 2.46. The van der Waals surface area contributed by atoms with Crippen molar-refractivity contribution in [1.82, 2.24) is 4.72 Å². The Labute approximate surface area is 152 Å². The van der Waals surface area contributed by atoms with E-state index >= 15 is 0 Å². The van der Waals surface area contributed by atoms with E-state index in [2.05, 4.69) is 30.7 Å². The molecule has 2 rings (SSSR count). The molecule has 0 radical (unpaired) electrons. The molecule has 1 saturated carbocycles. The van der Waals surface area contributed by atoms with Crippen LogP contribution >= 0.6 is 11.6 Å². The monoisotopic (exact) mass is 373 g/mol. The van der Waals surface area contributed by atoms with Crippen molar-refractivity contribution in [2.45, 2.75) is 44.6 Å². The van der Waals surface area contributed by atoms with Crippen LogP contribution in [0.5, 0.6) is 0 Å². The molecule has 1 unspecified atom stereocenters. The molecule has 0 aliphatic heterocycles. The van der Waals surface area contributed by atoms with E-state index in [0.29, 0.717) is 18.3 Å². The molecule has 0 saturated heterocycles. The van der Waals surface area contributed by atoms with Gasteiger partial charge in [-0.05, 0) is 36.5 Å². The van der Waals surface area contributed by atoms with Crippen molar-refractivity contribution in [3.8, 4) is 0 Å². The predicted octanol–water partition coefficient (Wildman–Crippen LogP) is 3.66. The normalized spacial score (nSPS) is 19.0. The van der Waals surface area contributed by atoms with Gasteiger partial charge in [0.1, 0.15) is 6.79 Å². The van der Waals surface area contributed by atoms with Crippen LogP contribution in [0.25, 0.3) is 0 Å². The first-order valence-electron chi connectivity index (χ1n) is 8.45. The average molecular weight is 374 g/mol. The zero-order valence-electron chi connectivity index (χ0n) is 14.7. The minimum Gasteiger partial charge on any atom is -0.359 e. The summed E-state index contributed by atoms with van der Waals surface area (Å²) in [6, 6.07) is 8.00. The first-order valence-corrected chi connectivity index (χ1v) is 10.1. The summed E-state index contributed by atoms with van der Waals surface area (Å²) in [6.07, 6.45) is 3.28. The van der Waals surface area contributed by atoms with E-state index in [1.54, 1.807) is 7.11 Å². The quantitative estimate of drug-likeness (QED) is 0.503. The van der Waals surface area contributed by atoms with Crippen molar-refractivity contribution in [3.05, 3.63) is 34.9 Å². The van der Waals surface area contributed by atoms with Crippen LogP contribution in [0.4, 0.5) is 0 Å². The molecule has 1 fully saturated rings. The van der Waals surface area contributed by atoms with Crippen LogP contribution in [-0.2, 0) is 25.9 Å². The van der Waals surface area contributed by atoms with Gasteiger partial charge in [-0.1, -0.05) is 44.0 Å². The van der Waals surface area contributed by atoms with Gasteiger partial charge in [-0.25, -0.2) is 8.93 Å². The third-order valence-corrected chi connectivity index (χ3v) is 6.34. The highest BCUT2D eigenvalue weighted by molar-refractivity contribution is 7.83. The molecule has 0 spiro atoms. The molecule has 0 heterocycles. The number of methoxy groups -OCH3 is 1. The van der Waals surface area contributed by atoms with Gasteiger partial charge in [-0.15, -0.1) is 0 Å². The van der Waals surface area contributed by atoms with Crippen molar-refractivity contribution < 1.29 is 13.7 Å². The van der Waals surface area contributed by atoms with Gasteiger partial charge in [-0.2, -0.15) is 0 Å². The van der Waals surface area contributed by atoms with E-state index in [-0.39, 0.29) is 18.2 Å². The molecular formula is C18H28ClNO3S. The third kappa shape index (κ3) is 5.02. The summed E-state index contributed by atoms with van der Waals surface area (Å²) in [5.74, 6) is 1.02. The minimum absolute atomic E-state index is 0.0119. The lowest BCUT2D eigenvalue weighted by molar-refractivity contribution is -0.0481. The van der Waals surface area contributed by atoms with Gasteiger partial charge in [0, 0.05) is 23.3 Å². The predicted molar refractivity (Wildman–Crippen MR) is 99.6 cm³/mol. The number of nitrogens with one attached hydrogen (secondary N) is 1. The van der Waals surface area contributed by atoms with Crippen LogP contribution in [0.2, 0.25) is 5.02 Å². The zero-order valence-corrected chi connectivity index (χ0v) is 16.3. The minimum atomic E-state index is -1.07. The van der Waals surface area contributed by atoms with Gasteiger partial charge in [0.05, 0.1) is 23.6 Å². The molecule has 0 aromatic heterocycles. The third-order valence-electron chi connectivity index (χ3n) is 4.58. The van der Waals surface area contributed by atoms with Crippen molar-refractivity contribution in [2.75, 3.05) is 26.3 Å². The molecule has 1 aromatic carbocycles. The van der Waals surface area contributed by atoms with Crippen LogP contribution < -0.4 is 4.72 Å². The molecule has 0 bridgehead atoms. The lowest BCUT2D eigenvalue weighted by atomic mass is 9.60. The van der Waals surface area contributed by atoms with Crippen LogP contribution in [0, 0.1) is 5.92 Å². The van der Waals surface area contributed by atoms with Gasteiger partial charge in [0.15, 0.2) is 0 Å². The molecular weight excluding hydrogens is 346 g/mol. The second-order valence-corrected chi connectivity index (χ2v) is 8.57. The topological polar surface area (TPSA) is 47.6 Å². The Morgan fingerprint density at radius 1 is 1.29 bits per heavy atom. The lowest BCUT2D eigenvalue weighted by Crippen LogP contribution is -2.56. The van der Waals surface area contributed by atoms with E-state index in [4.69, 9.17) is 21.1 Å². The Kier molecular flexibility index (Phi) is 7.69. The van der Waals surface area contributed by atoms with Crippen molar-refractivity contribution in [2.24, 2.45) is 5.92 Å². The molecule has 1 aliphatic rings. The van der Waals surface area contributed by atoms with E-state index in [9.17, 15) is 4.21 Å². The van der Waals surface area contributed by atoms with Crippen LogP contribution in [0.15, 0.2) is 24.3 Å². The van der Waals surface area contributed by atoms with Gasteiger partial charge in [-0.3, -0.25) is 0 Å². The van der Waals surface area contributed by atoms with Gasteiger partial charge in [0.25, 0.3) is 0 Å². The SMILES string of the molecule is COCOC[C@@H](NS(=O)CC(C)C)C1(c2ccc(Cl)cc2)CCC1. The van der Waals surface area contributed by atoms with E-state index in [1.165, 1.54) is 12.0 Å². The standard InChI is InChI=1S/C18H28ClNO3S/c1-14(2)12-24(21)20-17(11-23-13-22-3)18(9-4-10-18)15-5-7-16(19)8-6-15/h5-8,14,17,20H,4,9-13H2,1-3H3/t17-,24?/m1/s1. The van der Waals surface area contributed by atoms with Gasteiger partial charge < -0.3 is 9.47 Å². The summed E-state index contributed by atoms with van der Waals surface area (Å²) in [5.41, 5.74) is 1.18. The molecule has 1 aliphatic carbocycles. The average Bonchev–Trinajstić information content (AvgIpc) is 2.47. The second kappa shape index (κ2) is 9.30. The highest BCUT2D eigenvalue weighted by atomic mass is 35.5. The summed E-state index contributed by atoms with van der Waals surface area (Å²) in [6.45, 7) is 4.87. The Balaban J connectivity index is 2.18. The summed E-state index contributed by atoms with van der Waals surface area (Å²) >= 11 is 6.04. The number of ether oxygens (including phenoxy) is 2. The van der Waals surface area contributed by atoms with Crippen molar-refractivity contribution in [3.63, 3.8) is 0 Å². The Hall–Kier alpha value is -0.460. The molecule has 136 valence electrons. The van der Waals surface area contributed by atoms with Crippen molar-refractivity contribution >= 4 is 22.6 Å². The fraction of sp³-hybridized carbons (Fsp3) is 0.667. The van der Waals surface area contributed by atoms with Gasteiger partial charge >= 0.3 is 0 Å². The summed E-state index contributed by atoms with van der Waals surface area (Å²) in [4.78, 5) is 0. The molecule has 1 aromatic rings. The number of rotatable bonds is 10. The number of halogens is 1. The second-order valence-electron chi connectivity index (χ2n) is 6.87. The Morgan fingerprint density at radius 2 is 1.96 bits per heavy atom. The maximum atomic E-state index is 12.5. The molecule has 2 atom stereocenters. The van der Waals surface area contributed by atoms with E-state index < -0.39 is 11.0 Å². The molecule has 1 N–H and O–H groups in total. The van der Waals surface area contributed by atoms with Crippen LogP contribution in [-0.4, -0.2) is 36.5 Å². The summed E-state index contributed by atoms with van der Waals surface area (Å²) in [7, 11) is 0.534. The number of hydrogen-bond donors (Lipinski definition) is 1. The van der Waals surface area contributed by atoms with Crippen LogP contribution in [0.3, 0.4) is 0 Å². The lowest BCUT2D eigenvalue weighted by Gasteiger charge is -2.48. The fourth-order valence-electron chi connectivity index (χ4n) is 3.24. The molecule has 24 heavy (non-hydrogen) atoms. The molecule has 0 amide bonds. The Bertz CT molecular complexity index is 532. The van der Waals surface area contributed by atoms with Crippen LogP contribution in [0.1, 0.15) is 38.7 Å². The first-order chi connectivity index (χ1) is 11.5. The van der Waals surface area contributed by atoms with Crippen molar-refractivity contribution in [1.29, 1.82) is 0 Å². The fourth-order valence-corrected chi connectivity index (χ4v) is 4.68. The van der Waals surface area contributed by atoms with E-state index in [0.717, 1.165) is 17.9 Å². The summed E-state index contributed by atoms with van der Waals surface area (Å²) < 4.78 is 26.4. The molecule has 6 heteroatoms. The maximum Gasteiger partial charge on any atom is 0.146 e. The first kappa shape index (κ1) is 19.9. The largest absolute Gasteiger partial charge is 0.359 e. The highest BCUT2D eigenvalue weighted by Crippen LogP contribution is 2.47. The summed E-state index contributed by atoms with van der Waals surface area (Å²) in [5, 5.41) is 0.733. The van der Waals surface area contributed by atoms with Gasteiger partial charge in [0.2, 0.25) is 0 Å². The Morgan fingerprint density at radius 3 is 2.46 bits per heavy atom. The molecule has 4 nitrogen and oxygen atoms in total. The smallest absolute Gasteiger partial charge is 0.146 e. The maximum absolute atomic E-state index is 12.5. The van der Waals surface area contributed by atoms with E-state index in [1.807, 2.05) is 12.1 Å². The zero-order chi connectivity index (χ0) is 17.6. The number of hydrogen-bond acceptors (Lipinski definition) is 3. The number of benzene rings is 1.